The molecule has 0 bridgehead atoms. The highest BCUT2D eigenvalue weighted by Crippen LogP contribution is 2.24. The van der Waals surface area contributed by atoms with Crippen LogP contribution < -0.4 is 10.1 Å². The number of rotatable bonds is 7. The molecule has 2 aromatic rings. The second-order valence-electron chi connectivity index (χ2n) is 5.55. The van der Waals surface area contributed by atoms with E-state index in [0.717, 1.165) is 24.7 Å². The summed E-state index contributed by atoms with van der Waals surface area (Å²) in [5.74, 6) is 1.79. The molecule has 0 spiro atoms. The van der Waals surface area contributed by atoms with Gasteiger partial charge in [0.15, 0.2) is 5.82 Å². The van der Waals surface area contributed by atoms with E-state index < -0.39 is 0 Å². The third-order valence-corrected chi connectivity index (χ3v) is 3.73. The number of hydrogen-bond donors (Lipinski definition) is 1. The van der Waals surface area contributed by atoms with Crippen molar-refractivity contribution in [2.75, 3.05) is 0 Å². The van der Waals surface area contributed by atoms with Crippen LogP contribution in [-0.2, 0) is 19.7 Å². The number of benzene rings is 1. The molecule has 5 heteroatoms. The van der Waals surface area contributed by atoms with E-state index in [1.807, 2.05) is 10.7 Å². The third-order valence-electron chi connectivity index (χ3n) is 3.73. The Labute approximate surface area is 125 Å². The predicted molar refractivity (Wildman–Crippen MR) is 81.1 cm³/mol. The van der Waals surface area contributed by atoms with Crippen LogP contribution in [0.15, 0.2) is 24.5 Å². The van der Waals surface area contributed by atoms with Gasteiger partial charge in [-0.1, -0.05) is 17.7 Å². The molecule has 0 amide bonds. The van der Waals surface area contributed by atoms with E-state index in [9.17, 15) is 0 Å². The standard InChI is InChI=1S/C16H22N4O/c1-3-20-16(18-11-19-20)10-21-15-7-4-12(2)8-13(15)9-17-14-5-6-14/h4,7-8,11,14,17H,3,5-6,9-10H2,1-2H3. The second-order valence-corrected chi connectivity index (χ2v) is 5.55. The van der Waals surface area contributed by atoms with Gasteiger partial charge in [0.05, 0.1) is 0 Å². The number of aromatic nitrogens is 3. The van der Waals surface area contributed by atoms with Gasteiger partial charge in [0, 0.05) is 24.7 Å². The molecule has 3 rings (SSSR count). The average molecular weight is 286 g/mol. The van der Waals surface area contributed by atoms with Gasteiger partial charge in [-0.3, -0.25) is 0 Å². The summed E-state index contributed by atoms with van der Waals surface area (Å²) < 4.78 is 7.83. The predicted octanol–water partition coefficient (Wildman–Crippen LogP) is 2.44. The number of aryl methyl sites for hydroxylation is 2. The van der Waals surface area contributed by atoms with E-state index in [2.05, 4.69) is 41.4 Å². The van der Waals surface area contributed by atoms with Gasteiger partial charge < -0.3 is 10.1 Å². The Morgan fingerprint density at radius 2 is 2.24 bits per heavy atom. The molecule has 1 N–H and O–H groups in total. The molecular formula is C16H22N4O. The summed E-state index contributed by atoms with van der Waals surface area (Å²) in [5.41, 5.74) is 2.47. The van der Waals surface area contributed by atoms with Crippen LogP contribution in [0.25, 0.3) is 0 Å². The van der Waals surface area contributed by atoms with E-state index >= 15 is 0 Å². The summed E-state index contributed by atoms with van der Waals surface area (Å²) in [6.07, 6.45) is 4.16. The molecule has 1 aliphatic carbocycles. The molecule has 0 aliphatic heterocycles. The molecule has 1 saturated carbocycles. The normalized spacial score (nSPS) is 14.4. The molecule has 21 heavy (non-hydrogen) atoms. The van der Waals surface area contributed by atoms with Gasteiger partial charge in [-0.05, 0) is 32.8 Å². The van der Waals surface area contributed by atoms with Gasteiger partial charge in [0.25, 0.3) is 0 Å². The maximum absolute atomic E-state index is 5.97. The smallest absolute Gasteiger partial charge is 0.164 e. The lowest BCUT2D eigenvalue weighted by molar-refractivity contribution is 0.283. The molecule has 5 nitrogen and oxygen atoms in total. The van der Waals surface area contributed by atoms with Crippen molar-refractivity contribution in [1.82, 2.24) is 20.1 Å². The van der Waals surface area contributed by atoms with Gasteiger partial charge in [0.1, 0.15) is 18.7 Å². The van der Waals surface area contributed by atoms with Crippen molar-refractivity contribution in [3.05, 3.63) is 41.5 Å². The highest BCUT2D eigenvalue weighted by Gasteiger charge is 2.20. The van der Waals surface area contributed by atoms with Crippen LogP contribution in [-0.4, -0.2) is 20.8 Å². The Morgan fingerprint density at radius 3 is 3.00 bits per heavy atom. The molecular weight excluding hydrogens is 264 g/mol. The maximum Gasteiger partial charge on any atom is 0.164 e. The summed E-state index contributed by atoms with van der Waals surface area (Å²) in [7, 11) is 0. The van der Waals surface area contributed by atoms with Crippen LogP contribution in [0.4, 0.5) is 0 Å². The molecule has 1 fully saturated rings. The summed E-state index contributed by atoms with van der Waals surface area (Å²) >= 11 is 0. The first kappa shape index (κ1) is 14.1. The van der Waals surface area contributed by atoms with Gasteiger partial charge in [-0.2, -0.15) is 5.10 Å². The van der Waals surface area contributed by atoms with E-state index in [0.29, 0.717) is 12.6 Å². The van der Waals surface area contributed by atoms with Crippen LogP contribution in [0.3, 0.4) is 0 Å². The van der Waals surface area contributed by atoms with E-state index in [1.54, 1.807) is 6.33 Å². The average Bonchev–Trinajstić information content (AvgIpc) is 3.21. The first-order valence-corrected chi connectivity index (χ1v) is 7.58. The van der Waals surface area contributed by atoms with Crippen molar-refractivity contribution in [2.45, 2.75) is 52.4 Å². The lowest BCUT2D eigenvalue weighted by Crippen LogP contribution is -2.16. The number of hydrogen-bond acceptors (Lipinski definition) is 4. The van der Waals surface area contributed by atoms with Crippen LogP contribution >= 0.6 is 0 Å². The van der Waals surface area contributed by atoms with Crippen molar-refractivity contribution in [1.29, 1.82) is 0 Å². The Morgan fingerprint density at radius 1 is 1.38 bits per heavy atom. The fourth-order valence-corrected chi connectivity index (χ4v) is 2.34. The summed E-state index contributed by atoms with van der Waals surface area (Å²) in [6, 6.07) is 7.02. The van der Waals surface area contributed by atoms with Crippen molar-refractivity contribution >= 4 is 0 Å². The van der Waals surface area contributed by atoms with Crippen molar-refractivity contribution in [3.8, 4) is 5.75 Å². The molecule has 0 radical (unpaired) electrons. The molecule has 0 atom stereocenters. The van der Waals surface area contributed by atoms with Gasteiger partial charge in [0.2, 0.25) is 0 Å². The van der Waals surface area contributed by atoms with E-state index in [1.165, 1.54) is 24.0 Å². The lowest BCUT2D eigenvalue weighted by Gasteiger charge is -2.13. The summed E-state index contributed by atoms with van der Waals surface area (Å²) in [4.78, 5) is 4.24. The minimum Gasteiger partial charge on any atom is -0.485 e. The topological polar surface area (TPSA) is 52.0 Å². The van der Waals surface area contributed by atoms with E-state index in [-0.39, 0.29) is 0 Å². The zero-order chi connectivity index (χ0) is 14.7. The van der Waals surface area contributed by atoms with Crippen LogP contribution in [0.5, 0.6) is 5.75 Å². The Kier molecular flexibility index (Phi) is 4.20. The largest absolute Gasteiger partial charge is 0.485 e. The van der Waals surface area contributed by atoms with Crippen molar-refractivity contribution in [2.24, 2.45) is 0 Å². The molecule has 112 valence electrons. The fraction of sp³-hybridized carbons (Fsp3) is 0.500. The number of nitrogens with zero attached hydrogens (tertiary/aromatic N) is 3. The van der Waals surface area contributed by atoms with Gasteiger partial charge in [-0.25, -0.2) is 9.67 Å². The first-order valence-electron chi connectivity index (χ1n) is 7.58. The monoisotopic (exact) mass is 286 g/mol. The highest BCUT2D eigenvalue weighted by atomic mass is 16.5. The van der Waals surface area contributed by atoms with Gasteiger partial charge >= 0.3 is 0 Å². The number of nitrogens with one attached hydrogen (secondary N) is 1. The quantitative estimate of drug-likeness (QED) is 0.849. The van der Waals surface area contributed by atoms with Crippen LogP contribution in [0.1, 0.15) is 36.7 Å². The minimum atomic E-state index is 0.452. The van der Waals surface area contributed by atoms with Crippen LogP contribution in [0.2, 0.25) is 0 Å². The first-order chi connectivity index (χ1) is 10.3. The Balaban J connectivity index is 1.68. The fourth-order valence-electron chi connectivity index (χ4n) is 2.34. The van der Waals surface area contributed by atoms with Gasteiger partial charge in [-0.15, -0.1) is 0 Å². The minimum absolute atomic E-state index is 0.452. The number of ether oxygens (including phenoxy) is 1. The molecule has 1 aromatic carbocycles. The summed E-state index contributed by atoms with van der Waals surface area (Å²) in [5, 5.41) is 7.71. The van der Waals surface area contributed by atoms with Crippen molar-refractivity contribution < 1.29 is 4.74 Å². The molecule has 1 aliphatic rings. The molecule has 1 heterocycles. The SMILES string of the molecule is CCn1ncnc1COc1ccc(C)cc1CNC1CC1. The molecule has 1 aromatic heterocycles. The van der Waals surface area contributed by atoms with Crippen LogP contribution in [0, 0.1) is 6.92 Å². The lowest BCUT2D eigenvalue weighted by atomic mass is 10.1. The molecule has 0 unspecified atom stereocenters. The van der Waals surface area contributed by atoms with E-state index in [4.69, 9.17) is 4.74 Å². The highest BCUT2D eigenvalue weighted by molar-refractivity contribution is 5.37. The molecule has 0 saturated heterocycles. The zero-order valence-electron chi connectivity index (χ0n) is 12.7. The summed E-state index contributed by atoms with van der Waals surface area (Å²) in [6.45, 7) is 6.28. The Bertz CT molecular complexity index is 604. The Hall–Kier alpha value is -1.88. The maximum atomic E-state index is 5.97. The zero-order valence-corrected chi connectivity index (χ0v) is 12.7. The third kappa shape index (κ3) is 3.61. The second kappa shape index (κ2) is 6.26. The van der Waals surface area contributed by atoms with Crippen molar-refractivity contribution in [3.63, 3.8) is 0 Å².